The van der Waals surface area contributed by atoms with Crippen molar-refractivity contribution in [1.82, 2.24) is 30.5 Å². The SMILES string of the molecule is [C-]#[N+]c1ccc(N2CCc3c(ncnc3Nc3ccc(C(=O)N[C@H](C)c4nnco4)cn3)C2)cc1C(F)(F)F. The molecule has 2 N–H and O–H groups in total. The number of hydrogen-bond donors (Lipinski definition) is 2. The smallest absolute Gasteiger partial charge is 0.407 e. The molecule has 0 aliphatic carbocycles. The molecule has 0 fully saturated rings. The van der Waals surface area contributed by atoms with Gasteiger partial charge in [0.1, 0.15) is 24.0 Å². The first-order valence-corrected chi connectivity index (χ1v) is 11.7. The molecule has 39 heavy (non-hydrogen) atoms. The highest BCUT2D eigenvalue weighted by atomic mass is 19.4. The van der Waals surface area contributed by atoms with Crippen molar-refractivity contribution in [3.05, 3.63) is 88.9 Å². The number of benzene rings is 1. The zero-order chi connectivity index (χ0) is 27.6. The Morgan fingerprint density at radius 3 is 2.74 bits per heavy atom. The van der Waals surface area contributed by atoms with Gasteiger partial charge in [-0.1, -0.05) is 6.07 Å². The molecule has 3 aromatic heterocycles. The minimum Gasteiger partial charge on any atom is -0.426 e. The number of nitrogens with one attached hydrogen (secondary N) is 2. The Labute approximate surface area is 219 Å². The van der Waals surface area contributed by atoms with Gasteiger partial charge in [-0.25, -0.2) is 19.8 Å². The van der Waals surface area contributed by atoms with E-state index in [1.165, 1.54) is 31.1 Å². The van der Waals surface area contributed by atoms with Gasteiger partial charge in [-0.15, -0.1) is 10.2 Å². The van der Waals surface area contributed by atoms with Crippen LogP contribution in [-0.2, 0) is 19.1 Å². The Morgan fingerprint density at radius 1 is 1.21 bits per heavy atom. The lowest BCUT2D eigenvalue weighted by atomic mass is 10.0. The molecule has 4 aromatic rings. The van der Waals surface area contributed by atoms with Gasteiger partial charge in [-0.05, 0) is 37.6 Å². The number of hydrogen-bond acceptors (Lipinski definition) is 9. The minimum absolute atomic E-state index is 0.270. The summed E-state index contributed by atoms with van der Waals surface area (Å²) in [7, 11) is 0. The number of amides is 1. The number of carbonyl (C=O) groups excluding carboxylic acids is 1. The van der Waals surface area contributed by atoms with Crippen molar-refractivity contribution in [2.75, 3.05) is 16.8 Å². The van der Waals surface area contributed by atoms with Crippen LogP contribution in [0, 0.1) is 6.57 Å². The Morgan fingerprint density at radius 2 is 2.05 bits per heavy atom. The lowest BCUT2D eigenvalue weighted by Crippen LogP contribution is -2.32. The molecule has 0 bridgehead atoms. The van der Waals surface area contributed by atoms with Crippen LogP contribution in [0.4, 0.5) is 36.2 Å². The van der Waals surface area contributed by atoms with E-state index in [1.807, 2.05) is 0 Å². The molecule has 0 radical (unpaired) electrons. The predicted molar refractivity (Wildman–Crippen MR) is 132 cm³/mol. The number of halogens is 3. The normalized spacial score (nSPS) is 13.8. The Kier molecular flexibility index (Phi) is 6.80. The summed E-state index contributed by atoms with van der Waals surface area (Å²) >= 11 is 0. The lowest BCUT2D eigenvalue weighted by molar-refractivity contribution is -0.136. The fourth-order valence-electron chi connectivity index (χ4n) is 4.16. The maximum Gasteiger partial charge on any atom is 0.407 e. The molecular weight excluding hydrogens is 515 g/mol. The van der Waals surface area contributed by atoms with Crippen molar-refractivity contribution in [2.24, 2.45) is 0 Å². The predicted octanol–water partition coefficient (Wildman–Crippen LogP) is 4.62. The van der Waals surface area contributed by atoms with E-state index < -0.39 is 23.5 Å². The Balaban J connectivity index is 1.28. The average Bonchev–Trinajstić information content (AvgIpc) is 3.48. The van der Waals surface area contributed by atoms with Gasteiger partial charge in [0.2, 0.25) is 12.3 Å². The van der Waals surface area contributed by atoms with Gasteiger partial charge in [0, 0.05) is 24.0 Å². The Bertz CT molecular complexity index is 1530. The summed E-state index contributed by atoms with van der Waals surface area (Å²) in [5.74, 6) is 0.887. The molecule has 1 aliphatic heterocycles. The van der Waals surface area contributed by atoms with Crippen LogP contribution >= 0.6 is 0 Å². The number of carbonyl (C=O) groups is 1. The van der Waals surface area contributed by atoms with Crippen LogP contribution in [-0.4, -0.2) is 37.6 Å². The highest BCUT2D eigenvalue weighted by Gasteiger charge is 2.34. The van der Waals surface area contributed by atoms with Crippen LogP contribution in [0.3, 0.4) is 0 Å². The lowest BCUT2D eigenvalue weighted by Gasteiger charge is -2.31. The molecule has 11 nitrogen and oxygen atoms in total. The van der Waals surface area contributed by atoms with Gasteiger partial charge < -0.3 is 20.0 Å². The molecule has 14 heteroatoms. The fraction of sp³-hybridized carbons (Fsp3) is 0.240. The monoisotopic (exact) mass is 535 g/mol. The van der Waals surface area contributed by atoms with E-state index in [4.69, 9.17) is 11.0 Å². The molecule has 198 valence electrons. The van der Waals surface area contributed by atoms with Crippen molar-refractivity contribution in [3.8, 4) is 0 Å². The van der Waals surface area contributed by atoms with Crippen LogP contribution in [0.25, 0.3) is 4.85 Å². The van der Waals surface area contributed by atoms with Crippen LogP contribution in [0.5, 0.6) is 0 Å². The van der Waals surface area contributed by atoms with Crippen molar-refractivity contribution in [2.45, 2.75) is 32.1 Å². The fourth-order valence-corrected chi connectivity index (χ4v) is 4.16. The number of rotatable bonds is 6. The first-order chi connectivity index (χ1) is 18.7. The maximum atomic E-state index is 13.4. The molecule has 1 amide bonds. The number of alkyl halides is 3. The molecule has 0 saturated heterocycles. The van der Waals surface area contributed by atoms with Crippen molar-refractivity contribution in [1.29, 1.82) is 0 Å². The first kappa shape index (κ1) is 25.6. The second-order valence-corrected chi connectivity index (χ2v) is 8.66. The maximum absolute atomic E-state index is 13.4. The van der Waals surface area contributed by atoms with E-state index in [2.05, 4.69) is 40.6 Å². The molecule has 1 aromatic carbocycles. The van der Waals surface area contributed by atoms with Gasteiger partial charge >= 0.3 is 6.18 Å². The molecule has 0 unspecified atom stereocenters. The van der Waals surface area contributed by atoms with Crippen molar-refractivity contribution in [3.63, 3.8) is 0 Å². The van der Waals surface area contributed by atoms with Crippen LogP contribution in [0.1, 0.15) is 46.0 Å². The van der Waals surface area contributed by atoms with Crippen LogP contribution < -0.4 is 15.5 Å². The van der Waals surface area contributed by atoms with Crippen molar-refractivity contribution >= 4 is 28.9 Å². The van der Waals surface area contributed by atoms with Gasteiger partial charge in [0.25, 0.3) is 5.91 Å². The van der Waals surface area contributed by atoms with E-state index in [0.29, 0.717) is 41.5 Å². The molecular formula is C25H20F3N9O2. The summed E-state index contributed by atoms with van der Waals surface area (Å²) in [5, 5.41) is 13.2. The Hall–Kier alpha value is -5.06. The third kappa shape index (κ3) is 5.47. The van der Waals surface area contributed by atoms with Gasteiger partial charge in [0.15, 0.2) is 5.69 Å². The highest BCUT2D eigenvalue weighted by molar-refractivity contribution is 5.94. The van der Waals surface area contributed by atoms with Gasteiger partial charge in [-0.3, -0.25) is 4.79 Å². The van der Waals surface area contributed by atoms with Crippen LogP contribution in [0.15, 0.2) is 53.7 Å². The van der Waals surface area contributed by atoms with Gasteiger partial charge in [0.05, 0.1) is 29.9 Å². The summed E-state index contributed by atoms with van der Waals surface area (Å²) in [6.45, 7) is 9.44. The highest BCUT2D eigenvalue weighted by Crippen LogP contribution is 2.39. The number of anilines is 3. The number of nitrogens with zero attached hydrogens (tertiary/aromatic N) is 7. The molecule has 0 spiro atoms. The van der Waals surface area contributed by atoms with E-state index in [9.17, 15) is 18.0 Å². The third-order valence-corrected chi connectivity index (χ3v) is 6.15. The zero-order valence-electron chi connectivity index (χ0n) is 20.4. The quantitative estimate of drug-likeness (QED) is 0.340. The molecule has 1 atom stereocenters. The molecule has 0 saturated carbocycles. The average molecular weight is 535 g/mol. The van der Waals surface area contributed by atoms with E-state index in [-0.39, 0.29) is 18.3 Å². The minimum atomic E-state index is -4.63. The zero-order valence-corrected chi connectivity index (χ0v) is 20.4. The van der Waals surface area contributed by atoms with Crippen molar-refractivity contribution < 1.29 is 22.4 Å². The first-order valence-electron chi connectivity index (χ1n) is 11.7. The summed E-state index contributed by atoms with van der Waals surface area (Å²) in [4.78, 5) is 30.2. The van der Waals surface area contributed by atoms with E-state index in [0.717, 1.165) is 11.6 Å². The third-order valence-electron chi connectivity index (χ3n) is 6.15. The van der Waals surface area contributed by atoms with E-state index in [1.54, 1.807) is 24.0 Å². The summed E-state index contributed by atoms with van der Waals surface area (Å²) in [6.07, 6.45) is -0.189. The standard InChI is InChI=1S/C25H20F3N9O2/c1-14(24-36-33-13-39-24)34-23(38)15-3-6-21(30-10-15)35-22-17-7-8-37(11-20(17)31-12-32-22)16-4-5-19(29-2)18(9-16)25(26,27)28/h3-6,9-10,12-14H,7-8,11H2,1H3,(H,34,38)(H,30,31,32,35)/t14-/m1/s1. The van der Waals surface area contributed by atoms with Gasteiger partial charge in [-0.2, -0.15) is 13.2 Å². The molecule has 1 aliphatic rings. The van der Waals surface area contributed by atoms with Crippen LogP contribution in [0.2, 0.25) is 0 Å². The molecule has 5 rings (SSSR count). The topological polar surface area (TPSA) is 126 Å². The summed E-state index contributed by atoms with van der Waals surface area (Å²) in [5.41, 5.74) is 0.771. The summed E-state index contributed by atoms with van der Waals surface area (Å²) in [6, 6.07) is 6.46. The number of aromatic nitrogens is 5. The second kappa shape index (κ2) is 10.4. The number of fused-ring (bicyclic) bond motifs is 1. The largest absolute Gasteiger partial charge is 0.426 e. The summed E-state index contributed by atoms with van der Waals surface area (Å²) < 4.78 is 45.4. The van der Waals surface area contributed by atoms with E-state index >= 15 is 0 Å². The molecule has 4 heterocycles. The number of pyridine rings is 1. The second-order valence-electron chi connectivity index (χ2n) is 8.66.